The van der Waals surface area contributed by atoms with Gasteiger partial charge in [-0.15, -0.1) is 0 Å². The van der Waals surface area contributed by atoms with E-state index in [0.29, 0.717) is 24.1 Å². The monoisotopic (exact) mass is 492 g/mol. The van der Waals surface area contributed by atoms with Crippen LogP contribution in [-0.4, -0.2) is 20.9 Å². The van der Waals surface area contributed by atoms with E-state index < -0.39 is 29.5 Å². The Balaban J connectivity index is 1.46. The Kier molecular flexibility index (Phi) is 7.74. The van der Waals surface area contributed by atoms with Gasteiger partial charge in [0.05, 0.1) is 29.4 Å². The van der Waals surface area contributed by atoms with Gasteiger partial charge in [0, 0.05) is 13.0 Å². The first kappa shape index (κ1) is 24.6. The van der Waals surface area contributed by atoms with Crippen LogP contribution in [0.3, 0.4) is 0 Å². The van der Waals surface area contributed by atoms with Crippen molar-refractivity contribution < 1.29 is 18.4 Å². The average Bonchev–Trinajstić information content (AvgIpc) is 3.40. The van der Waals surface area contributed by atoms with Gasteiger partial charge in [0.1, 0.15) is 18.1 Å². The fourth-order valence-electron chi connectivity index (χ4n) is 3.86. The van der Waals surface area contributed by atoms with Gasteiger partial charge in [-0.2, -0.15) is 0 Å². The molecule has 0 aliphatic carbocycles. The molecule has 0 fully saturated rings. The van der Waals surface area contributed by atoms with Crippen molar-refractivity contribution in [3.63, 3.8) is 0 Å². The number of nitrogens with zero attached hydrogens (tertiary/aromatic N) is 2. The second-order valence-electron chi connectivity index (χ2n) is 8.18. The Hall–Kier alpha value is -4.47. The van der Waals surface area contributed by atoms with Crippen molar-refractivity contribution in [3.05, 3.63) is 99.3 Å². The van der Waals surface area contributed by atoms with E-state index in [2.05, 4.69) is 10.6 Å². The summed E-state index contributed by atoms with van der Waals surface area (Å²) < 4.78 is 21.4. The number of unbranched alkanes of at least 4 members (excludes halogenated alkanes) is 1. The zero-order valence-corrected chi connectivity index (χ0v) is 19.4. The van der Waals surface area contributed by atoms with Crippen molar-refractivity contribution >= 4 is 28.4 Å². The smallest absolute Gasteiger partial charge is 0.331 e. The van der Waals surface area contributed by atoms with Crippen molar-refractivity contribution in [1.82, 2.24) is 14.5 Å². The molecule has 0 saturated carbocycles. The SMILES string of the molecule is O=C(CCCCn1c(=O)c2ccccc2n(CC(=O)Nc2ccccc2F)c1=O)NCc1ccco1. The topological polar surface area (TPSA) is 115 Å². The molecule has 0 radical (unpaired) electrons. The molecule has 4 rings (SSSR count). The highest BCUT2D eigenvalue weighted by Crippen LogP contribution is 2.13. The number of carbonyl (C=O) groups is 2. The molecule has 0 aliphatic heterocycles. The minimum atomic E-state index is -0.648. The second-order valence-corrected chi connectivity index (χ2v) is 8.18. The average molecular weight is 493 g/mol. The highest BCUT2D eigenvalue weighted by atomic mass is 19.1. The number of anilines is 1. The van der Waals surface area contributed by atoms with E-state index in [1.54, 1.807) is 42.5 Å². The van der Waals surface area contributed by atoms with Crippen LogP contribution in [0.2, 0.25) is 0 Å². The molecule has 2 heterocycles. The van der Waals surface area contributed by atoms with Gasteiger partial charge in [-0.05, 0) is 49.2 Å². The number of benzene rings is 2. The van der Waals surface area contributed by atoms with Crippen molar-refractivity contribution in [1.29, 1.82) is 0 Å². The normalized spacial score (nSPS) is 10.9. The molecular formula is C26H25FN4O5. The summed E-state index contributed by atoms with van der Waals surface area (Å²) in [5.74, 6) is -0.725. The molecule has 186 valence electrons. The number of carbonyl (C=O) groups excluding carboxylic acids is 2. The predicted molar refractivity (Wildman–Crippen MR) is 132 cm³/mol. The number of halogens is 1. The Bertz CT molecular complexity index is 1490. The van der Waals surface area contributed by atoms with E-state index in [9.17, 15) is 23.6 Å². The van der Waals surface area contributed by atoms with Crippen LogP contribution in [0.25, 0.3) is 10.9 Å². The third kappa shape index (κ3) is 5.77. The Morgan fingerprint density at radius 1 is 0.889 bits per heavy atom. The van der Waals surface area contributed by atoms with Crippen molar-refractivity contribution in [2.45, 2.75) is 38.9 Å². The van der Waals surface area contributed by atoms with Crippen molar-refractivity contribution in [2.24, 2.45) is 0 Å². The molecule has 10 heteroatoms. The van der Waals surface area contributed by atoms with Crippen LogP contribution in [0.1, 0.15) is 25.0 Å². The first-order valence-electron chi connectivity index (χ1n) is 11.5. The van der Waals surface area contributed by atoms with Crippen LogP contribution in [0.5, 0.6) is 0 Å². The zero-order chi connectivity index (χ0) is 25.5. The molecule has 0 saturated heterocycles. The minimum absolute atomic E-state index is 0.00139. The third-order valence-electron chi connectivity index (χ3n) is 5.66. The number of nitrogens with one attached hydrogen (secondary N) is 2. The molecule has 0 unspecified atom stereocenters. The van der Waals surface area contributed by atoms with Crippen LogP contribution in [0, 0.1) is 5.82 Å². The predicted octanol–water partition coefficient (Wildman–Crippen LogP) is 3.02. The van der Waals surface area contributed by atoms with E-state index >= 15 is 0 Å². The number of hydrogen-bond acceptors (Lipinski definition) is 5. The first-order chi connectivity index (χ1) is 17.4. The molecule has 9 nitrogen and oxygen atoms in total. The summed E-state index contributed by atoms with van der Waals surface area (Å²) in [6, 6.07) is 15.7. The van der Waals surface area contributed by atoms with Gasteiger partial charge in [0.2, 0.25) is 11.8 Å². The Morgan fingerprint density at radius 3 is 2.44 bits per heavy atom. The van der Waals surface area contributed by atoms with Crippen LogP contribution >= 0.6 is 0 Å². The molecule has 2 amide bonds. The molecular weight excluding hydrogens is 467 g/mol. The highest BCUT2D eigenvalue weighted by molar-refractivity contribution is 5.91. The Labute approximate surface area is 205 Å². The number of furan rings is 1. The molecule has 0 bridgehead atoms. The number of amides is 2. The summed E-state index contributed by atoms with van der Waals surface area (Å²) in [5, 5.41) is 5.49. The summed E-state index contributed by atoms with van der Waals surface area (Å²) in [6.07, 6.45) is 2.61. The second kappa shape index (κ2) is 11.3. The quantitative estimate of drug-likeness (QED) is 0.330. The lowest BCUT2D eigenvalue weighted by Gasteiger charge is -2.14. The highest BCUT2D eigenvalue weighted by Gasteiger charge is 2.16. The molecule has 0 aliphatic rings. The maximum atomic E-state index is 13.9. The van der Waals surface area contributed by atoms with Gasteiger partial charge in [0.25, 0.3) is 5.56 Å². The molecule has 2 aromatic heterocycles. The van der Waals surface area contributed by atoms with Gasteiger partial charge < -0.3 is 15.1 Å². The molecule has 2 aromatic carbocycles. The standard InChI is InChI=1S/C26H25FN4O5/c27-20-10-2-3-11-21(20)29-24(33)17-31-22-12-4-1-9-19(22)25(34)30(26(31)35)14-6-5-13-23(32)28-16-18-8-7-15-36-18/h1-4,7-12,15H,5-6,13-14,16-17H2,(H,28,32)(H,29,33). The van der Waals surface area contributed by atoms with E-state index in [4.69, 9.17) is 4.42 Å². The molecule has 4 aromatic rings. The lowest BCUT2D eigenvalue weighted by Crippen LogP contribution is -2.41. The number of fused-ring (bicyclic) bond motifs is 1. The summed E-state index contributed by atoms with van der Waals surface area (Å²) >= 11 is 0. The van der Waals surface area contributed by atoms with E-state index in [1.807, 2.05) is 0 Å². The van der Waals surface area contributed by atoms with Gasteiger partial charge >= 0.3 is 5.69 Å². The van der Waals surface area contributed by atoms with Crippen LogP contribution < -0.4 is 21.9 Å². The maximum Gasteiger partial charge on any atom is 0.331 e. The fraction of sp³-hybridized carbons (Fsp3) is 0.231. The van der Waals surface area contributed by atoms with Gasteiger partial charge in [-0.3, -0.25) is 23.5 Å². The van der Waals surface area contributed by atoms with Gasteiger partial charge in [-0.25, -0.2) is 9.18 Å². The van der Waals surface area contributed by atoms with E-state index in [1.165, 1.54) is 29.0 Å². The summed E-state index contributed by atoms with van der Waals surface area (Å²) in [6.45, 7) is -0.0261. The number of rotatable bonds is 10. The van der Waals surface area contributed by atoms with Gasteiger partial charge in [0.15, 0.2) is 0 Å². The largest absolute Gasteiger partial charge is 0.467 e. The lowest BCUT2D eigenvalue weighted by molar-refractivity contribution is -0.121. The minimum Gasteiger partial charge on any atom is -0.467 e. The molecule has 0 atom stereocenters. The van der Waals surface area contributed by atoms with Crippen molar-refractivity contribution in [2.75, 3.05) is 5.32 Å². The van der Waals surface area contributed by atoms with Gasteiger partial charge in [-0.1, -0.05) is 24.3 Å². The number of para-hydroxylation sites is 2. The molecule has 2 N–H and O–H groups in total. The van der Waals surface area contributed by atoms with Crippen LogP contribution in [-0.2, 0) is 29.2 Å². The number of aromatic nitrogens is 2. The van der Waals surface area contributed by atoms with E-state index in [-0.39, 0.29) is 36.5 Å². The van der Waals surface area contributed by atoms with Crippen molar-refractivity contribution in [3.8, 4) is 0 Å². The Morgan fingerprint density at radius 2 is 1.67 bits per heavy atom. The van der Waals surface area contributed by atoms with Crippen LogP contribution in [0.15, 0.2) is 80.9 Å². The first-order valence-corrected chi connectivity index (χ1v) is 11.5. The molecule has 0 spiro atoms. The number of hydrogen-bond donors (Lipinski definition) is 2. The lowest BCUT2D eigenvalue weighted by atomic mass is 10.2. The van der Waals surface area contributed by atoms with Crippen LogP contribution in [0.4, 0.5) is 10.1 Å². The molecule has 36 heavy (non-hydrogen) atoms. The summed E-state index contributed by atoms with van der Waals surface area (Å²) in [5.41, 5.74) is -0.809. The maximum absolute atomic E-state index is 13.9. The zero-order valence-electron chi connectivity index (χ0n) is 19.4. The van der Waals surface area contributed by atoms with E-state index in [0.717, 1.165) is 4.57 Å². The summed E-state index contributed by atoms with van der Waals surface area (Å²) in [7, 11) is 0. The third-order valence-corrected chi connectivity index (χ3v) is 5.66. The summed E-state index contributed by atoms with van der Waals surface area (Å²) in [4.78, 5) is 50.9. The fourth-order valence-corrected chi connectivity index (χ4v) is 3.86.